The van der Waals surface area contributed by atoms with Gasteiger partial charge >= 0.3 is 0 Å². The number of aliphatic hydroxyl groups is 1. The first-order chi connectivity index (χ1) is 7.82. The molecule has 1 aliphatic rings. The number of nitrogens with zero attached hydrogens (tertiary/aromatic N) is 1. The third-order valence-corrected chi connectivity index (χ3v) is 3.46. The van der Waals surface area contributed by atoms with Crippen LogP contribution in [0.4, 0.5) is 0 Å². The zero-order valence-electron chi connectivity index (χ0n) is 11.1. The lowest BCUT2D eigenvalue weighted by Crippen LogP contribution is -2.34. The van der Waals surface area contributed by atoms with Crippen LogP contribution in [-0.4, -0.2) is 9.67 Å². The lowest BCUT2D eigenvalue weighted by molar-refractivity contribution is 0.0762. The number of hydrogen-bond acceptors (Lipinski definition) is 2. The fourth-order valence-electron chi connectivity index (χ4n) is 2.65. The summed E-state index contributed by atoms with van der Waals surface area (Å²) in [6.45, 7) is 7.40. The van der Waals surface area contributed by atoms with Gasteiger partial charge in [-0.1, -0.05) is 0 Å². The van der Waals surface area contributed by atoms with Gasteiger partial charge in [-0.2, -0.15) is 0 Å². The van der Waals surface area contributed by atoms with Crippen molar-refractivity contribution < 1.29 is 5.11 Å². The van der Waals surface area contributed by atoms with E-state index in [0.717, 1.165) is 25.0 Å². The van der Waals surface area contributed by atoms with Gasteiger partial charge in [-0.15, -0.1) is 0 Å². The largest absolute Gasteiger partial charge is 0.386 e. The van der Waals surface area contributed by atoms with Crippen LogP contribution in [0, 0.1) is 0 Å². The number of fused-ring (bicyclic) bond motifs is 1. The van der Waals surface area contributed by atoms with E-state index in [9.17, 15) is 9.90 Å². The molecule has 0 aromatic carbocycles. The number of hydrogen-bond donors (Lipinski definition) is 1. The minimum Gasteiger partial charge on any atom is -0.386 e. The minimum atomic E-state index is -1.06. The quantitative estimate of drug-likeness (QED) is 0.853. The van der Waals surface area contributed by atoms with Crippen LogP contribution in [0.2, 0.25) is 0 Å². The van der Waals surface area contributed by atoms with Crippen LogP contribution in [0.1, 0.15) is 57.0 Å². The maximum Gasteiger partial charge on any atom is 0.257 e. The molecule has 0 radical (unpaired) electrons. The topological polar surface area (TPSA) is 42.2 Å². The minimum absolute atomic E-state index is 0.0341. The van der Waals surface area contributed by atoms with Crippen molar-refractivity contribution in [1.82, 2.24) is 4.57 Å². The Morgan fingerprint density at radius 2 is 2.00 bits per heavy atom. The molecule has 1 aromatic rings. The first-order valence-corrected chi connectivity index (χ1v) is 6.32. The average Bonchev–Trinajstić information content (AvgIpc) is 2.61. The lowest BCUT2D eigenvalue weighted by atomic mass is 9.97. The van der Waals surface area contributed by atoms with Crippen molar-refractivity contribution in [3.63, 3.8) is 0 Å². The third-order valence-electron chi connectivity index (χ3n) is 3.46. The van der Waals surface area contributed by atoms with E-state index in [4.69, 9.17) is 0 Å². The molecule has 0 saturated heterocycles. The van der Waals surface area contributed by atoms with Gasteiger partial charge in [-0.05, 0) is 58.6 Å². The Hall–Kier alpha value is -1.09. The first-order valence-electron chi connectivity index (χ1n) is 6.32. The van der Waals surface area contributed by atoms with Gasteiger partial charge in [0.25, 0.3) is 5.56 Å². The smallest absolute Gasteiger partial charge is 0.257 e. The van der Waals surface area contributed by atoms with Gasteiger partial charge < -0.3 is 9.67 Å². The summed E-state index contributed by atoms with van der Waals surface area (Å²) >= 11 is 0. The van der Waals surface area contributed by atoms with E-state index in [-0.39, 0.29) is 11.6 Å². The van der Waals surface area contributed by atoms with Crippen LogP contribution in [-0.2, 0) is 18.4 Å². The molecule has 1 N–H and O–H groups in total. The van der Waals surface area contributed by atoms with E-state index in [0.29, 0.717) is 5.56 Å². The van der Waals surface area contributed by atoms with Crippen LogP contribution < -0.4 is 5.56 Å². The molecule has 0 bridgehead atoms. The normalized spacial score (nSPS) is 15.4. The van der Waals surface area contributed by atoms with Gasteiger partial charge in [-0.3, -0.25) is 4.79 Å². The molecule has 0 amide bonds. The number of rotatable bonds is 2. The van der Waals surface area contributed by atoms with Gasteiger partial charge in [-0.25, -0.2) is 0 Å². The highest BCUT2D eigenvalue weighted by Crippen LogP contribution is 2.27. The number of pyridine rings is 1. The van der Waals surface area contributed by atoms with Gasteiger partial charge in [0.05, 0.1) is 5.60 Å². The average molecular weight is 235 g/mol. The maximum atomic E-state index is 12.4. The number of aryl methyl sites for hydroxylation is 1. The summed E-state index contributed by atoms with van der Waals surface area (Å²) in [6, 6.07) is 2.06. The Morgan fingerprint density at radius 3 is 2.53 bits per heavy atom. The van der Waals surface area contributed by atoms with Crippen LogP contribution in [0.5, 0.6) is 0 Å². The fourth-order valence-corrected chi connectivity index (χ4v) is 2.65. The van der Waals surface area contributed by atoms with E-state index in [2.05, 4.69) is 0 Å². The summed E-state index contributed by atoms with van der Waals surface area (Å²) in [5.74, 6) is 0. The van der Waals surface area contributed by atoms with Crippen molar-refractivity contribution in [2.45, 2.75) is 58.6 Å². The molecule has 0 saturated carbocycles. The van der Waals surface area contributed by atoms with Crippen molar-refractivity contribution in [3.8, 4) is 0 Å². The molecule has 1 heterocycles. The summed E-state index contributed by atoms with van der Waals surface area (Å²) in [5, 5.41) is 10.1. The highest BCUT2D eigenvalue weighted by Gasteiger charge is 2.27. The summed E-state index contributed by atoms with van der Waals surface area (Å²) < 4.78 is 1.86. The summed E-state index contributed by atoms with van der Waals surface area (Å²) in [6.07, 6.45) is 3.11. The molecule has 1 aliphatic carbocycles. The highest BCUT2D eigenvalue weighted by molar-refractivity contribution is 5.33. The molecular weight excluding hydrogens is 214 g/mol. The Balaban J connectivity index is 2.74. The maximum absolute atomic E-state index is 12.4. The predicted octanol–water partition coefficient (Wildman–Crippen LogP) is 2.15. The summed E-state index contributed by atoms with van der Waals surface area (Å²) in [7, 11) is 0. The molecule has 0 aliphatic heterocycles. The van der Waals surface area contributed by atoms with Gasteiger partial charge in [0.1, 0.15) is 0 Å². The predicted molar refractivity (Wildman–Crippen MR) is 68.4 cm³/mol. The fraction of sp³-hybridized carbons (Fsp3) is 0.643. The molecule has 17 heavy (non-hydrogen) atoms. The Kier molecular flexibility index (Phi) is 2.90. The summed E-state index contributed by atoms with van der Waals surface area (Å²) in [5.41, 5.74) is 1.82. The van der Waals surface area contributed by atoms with E-state index in [1.807, 2.05) is 24.5 Å². The van der Waals surface area contributed by atoms with E-state index < -0.39 is 5.60 Å². The van der Waals surface area contributed by atoms with E-state index in [1.165, 1.54) is 5.56 Å². The molecule has 1 aromatic heterocycles. The first kappa shape index (κ1) is 12.4. The molecular formula is C14H21NO2. The van der Waals surface area contributed by atoms with Crippen molar-refractivity contribution >= 4 is 0 Å². The van der Waals surface area contributed by atoms with Crippen LogP contribution in [0.25, 0.3) is 0 Å². The summed E-state index contributed by atoms with van der Waals surface area (Å²) in [4.78, 5) is 12.4. The second-order valence-electron chi connectivity index (χ2n) is 5.71. The second kappa shape index (κ2) is 3.98. The molecule has 3 nitrogen and oxygen atoms in total. The van der Waals surface area contributed by atoms with Crippen LogP contribution in [0.15, 0.2) is 10.9 Å². The monoisotopic (exact) mass is 235 g/mol. The highest BCUT2D eigenvalue weighted by atomic mass is 16.3. The van der Waals surface area contributed by atoms with Crippen LogP contribution >= 0.6 is 0 Å². The van der Waals surface area contributed by atoms with Crippen molar-refractivity contribution in [2.75, 3.05) is 0 Å². The van der Waals surface area contributed by atoms with Crippen molar-refractivity contribution in [3.05, 3.63) is 33.2 Å². The van der Waals surface area contributed by atoms with Crippen LogP contribution in [0.3, 0.4) is 0 Å². The zero-order valence-corrected chi connectivity index (χ0v) is 11.1. The molecule has 0 unspecified atom stereocenters. The van der Waals surface area contributed by atoms with Gasteiger partial charge in [0.15, 0.2) is 0 Å². The molecule has 0 fully saturated rings. The second-order valence-corrected chi connectivity index (χ2v) is 5.71. The van der Waals surface area contributed by atoms with Crippen molar-refractivity contribution in [1.29, 1.82) is 0 Å². The van der Waals surface area contributed by atoms with Gasteiger partial charge in [0.2, 0.25) is 0 Å². The Morgan fingerprint density at radius 1 is 1.35 bits per heavy atom. The van der Waals surface area contributed by atoms with Gasteiger partial charge in [0, 0.05) is 17.3 Å². The lowest BCUT2D eigenvalue weighted by Gasteiger charge is -2.23. The molecule has 94 valence electrons. The third kappa shape index (κ3) is 2.04. The van der Waals surface area contributed by atoms with E-state index in [1.54, 1.807) is 13.8 Å². The molecule has 0 spiro atoms. The Labute approximate surface area is 102 Å². The molecule has 3 heteroatoms. The SMILES string of the molecule is CC(C)n1c2c(cc(C(C)(C)O)c1=O)CCC2. The Bertz CT molecular complexity index is 492. The van der Waals surface area contributed by atoms with E-state index >= 15 is 0 Å². The zero-order chi connectivity index (χ0) is 12.8. The molecule has 2 rings (SSSR count). The molecule has 0 atom stereocenters. The number of aromatic nitrogens is 1. The standard InChI is InChI=1S/C14H21NO2/c1-9(2)15-12-7-5-6-10(12)8-11(13(15)16)14(3,4)17/h8-9,17H,5-7H2,1-4H3. The van der Waals surface area contributed by atoms with Crippen molar-refractivity contribution in [2.24, 2.45) is 0 Å².